The molecule has 0 aromatic heterocycles. The Bertz CT molecular complexity index is 189. The fourth-order valence-electron chi connectivity index (χ4n) is 0.975. The topological polar surface area (TPSA) is 50.7 Å². The molecule has 4 heteroatoms. The minimum absolute atomic E-state index is 0.235. The van der Waals surface area contributed by atoms with Gasteiger partial charge in [-0.2, -0.15) is 5.10 Å². The van der Waals surface area contributed by atoms with Crippen molar-refractivity contribution in [1.82, 2.24) is 5.43 Å². The highest BCUT2D eigenvalue weighted by Gasteiger charge is 2.20. The molecule has 0 spiro atoms. The van der Waals surface area contributed by atoms with E-state index in [9.17, 15) is 4.79 Å². The second kappa shape index (κ2) is 3.37. The molecule has 4 nitrogen and oxygen atoms in total. The summed E-state index contributed by atoms with van der Waals surface area (Å²) in [6.45, 7) is 1.93. The number of hydrogen-bond acceptors (Lipinski definition) is 4. The van der Waals surface area contributed by atoms with Crippen molar-refractivity contribution < 1.29 is 9.53 Å². The van der Waals surface area contributed by atoms with Gasteiger partial charge in [0.25, 0.3) is 0 Å². The number of ether oxygens (including phenoxy) is 1. The predicted octanol–water partition coefficient (Wildman–Crippen LogP) is 0.287. The van der Waals surface area contributed by atoms with Gasteiger partial charge in [0.15, 0.2) is 0 Å². The summed E-state index contributed by atoms with van der Waals surface area (Å²) in [4.78, 5) is 10.9. The number of esters is 1. The third-order valence-electron chi connectivity index (χ3n) is 1.69. The molecule has 0 aromatic carbocycles. The van der Waals surface area contributed by atoms with Gasteiger partial charge in [0.05, 0.1) is 7.11 Å². The van der Waals surface area contributed by atoms with Crippen molar-refractivity contribution in [3.63, 3.8) is 0 Å². The molecule has 1 heterocycles. The average molecular weight is 156 g/mol. The van der Waals surface area contributed by atoms with Gasteiger partial charge in [0, 0.05) is 5.71 Å². The molecule has 1 atom stereocenters. The van der Waals surface area contributed by atoms with Crippen molar-refractivity contribution in [1.29, 1.82) is 0 Å². The Morgan fingerprint density at radius 1 is 1.82 bits per heavy atom. The number of carbonyl (C=O) groups is 1. The zero-order valence-electron chi connectivity index (χ0n) is 6.76. The van der Waals surface area contributed by atoms with Gasteiger partial charge in [-0.15, -0.1) is 0 Å². The maximum absolute atomic E-state index is 10.9. The molecule has 1 unspecified atom stereocenters. The first-order valence-corrected chi connectivity index (χ1v) is 3.60. The van der Waals surface area contributed by atoms with Crippen LogP contribution in [0, 0.1) is 0 Å². The van der Waals surface area contributed by atoms with E-state index < -0.39 is 0 Å². The van der Waals surface area contributed by atoms with Crippen LogP contribution in [0.5, 0.6) is 0 Å². The molecule has 0 aromatic rings. The number of rotatable bonds is 1. The van der Waals surface area contributed by atoms with Gasteiger partial charge in [-0.25, -0.2) is 4.79 Å². The molecule has 62 valence electrons. The zero-order chi connectivity index (χ0) is 8.27. The second-order valence-electron chi connectivity index (χ2n) is 2.59. The highest BCUT2D eigenvalue weighted by atomic mass is 16.5. The smallest absolute Gasteiger partial charge is 0.329 e. The summed E-state index contributed by atoms with van der Waals surface area (Å²) in [6, 6.07) is -0.247. The van der Waals surface area contributed by atoms with E-state index in [1.165, 1.54) is 7.11 Å². The molecule has 0 radical (unpaired) electrons. The summed E-state index contributed by atoms with van der Waals surface area (Å²) in [5.41, 5.74) is 3.77. The number of methoxy groups -OCH3 is 1. The molecular formula is C7H12N2O2. The standard InChI is InChI=1S/C7H12N2O2/c1-5-3-4-6(9-8-5)7(10)11-2/h6,9H,3-4H2,1-2H3. The van der Waals surface area contributed by atoms with Gasteiger partial charge in [0.1, 0.15) is 6.04 Å². The third kappa shape index (κ3) is 1.93. The Morgan fingerprint density at radius 3 is 3.00 bits per heavy atom. The fraction of sp³-hybridized carbons (Fsp3) is 0.714. The van der Waals surface area contributed by atoms with Crippen LogP contribution >= 0.6 is 0 Å². The lowest BCUT2D eigenvalue weighted by atomic mass is 10.1. The lowest BCUT2D eigenvalue weighted by Crippen LogP contribution is -2.38. The Morgan fingerprint density at radius 2 is 2.55 bits per heavy atom. The molecule has 0 fully saturated rings. The van der Waals surface area contributed by atoms with E-state index in [1.54, 1.807) is 0 Å². The Kier molecular flexibility index (Phi) is 2.46. The van der Waals surface area contributed by atoms with E-state index in [2.05, 4.69) is 15.3 Å². The van der Waals surface area contributed by atoms with Gasteiger partial charge < -0.3 is 4.74 Å². The van der Waals surface area contributed by atoms with E-state index >= 15 is 0 Å². The molecule has 1 N–H and O–H groups in total. The summed E-state index contributed by atoms with van der Waals surface area (Å²) in [6.07, 6.45) is 1.65. The first kappa shape index (κ1) is 8.04. The van der Waals surface area contributed by atoms with Gasteiger partial charge in [-0.1, -0.05) is 0 Å². The fourth-order valence-corrected chi connectivity index (χ4v) is 0.975. The maximum atomic E-state index is 10.9. The quantitative estimate of drug-likeness (QED) is 0.555. The number of nitrogens with zero attached hydrogens (tertiary/aromatic N) is 1. The largest absolute Gasteiger partial charge is 0.467 e. The van der Waals surface area contributed by atoms with Gasteiger partial charge in [-0.3, -0.25) is 5.43 Å². The van der Waals surface area contributed by atoms with Gasteiger partial charge in [0.2, 0.25) is 0 Å². The first-order chi connectivity index (χ1) is 5.24. The lowest BCUT2D eigenvalue weighted by molar-refractivity contribution is -0.143. The monoisotopic (exact) mass is 156 g/mol. The summed E-state index contributed by atoms with van der Waals surface area (Å²) < 4.78 is 4.55. The van der Waals surface area contributed by atoms with Crippen LogP contribution < -0.4 is 5.43 Å². The van der Waals surface area contributed by atoms with Crippen molar-refractivity contribution in [2.24, 2.45) is 5.10 Å². The minimum Gasteiger partial charge on any atom is -0.467 e. The van der Waals surface area contributed by atoms with Gasteiger partial charge in [-0.05, 0) is 19.8 Å². The van der Waals surface area contributed by atoms with E-state index in [1.807, 2.05) is 6.92 Å². The summed E-state index contributed by atoms with van der Waals surface area (Å²) in [5.74, 6) is -0.235. The SMILES string of the molecule is COC(=O)C1CCC(C)=NN1. The number of carbonyl (C=O) groups excluding carboxylic acids is 1. The molecule has 0 saturated carbocycles. The second-order valence-corrected chi connectivity index (χ2v) is 2.59. The van der Waals surface area contributed by atoms with Crippen LogP contribution in [-0.2, 0) is 9.53 Å². The summed E-state index contributed by atoms with van der Waals surface area (Å²) in [5, 5.41) is 3.95. The van der Waals surface area contributed by atoms with Crippen molar-refractivity contribution in [3.05, 3.63) is 0 Å². The number of hydrazone groups is 1. The molecule has 1 aliphatic heterocycles. The van der Waals surface area contributed by atoms with E-state index in [0.717, 1.165) is 18.6 Å². The lowest BCUT2D eigenvalue weighted by Gasteiger charge is -2.18. The predicted molar refractivity (Wildman–Crippen MR) is 41.3 cm³/mol. The number of nitrogens with one attached hydrogen (secondary N) is 1. The maximum Gasteiger partial charge on any atom is 0.329 e. The molecule has 0 bridgehead atoms. The van der Waals surface area contributed by atoms with Crippen LogP contribution in [0.2, 0.25) is 0 Å². The van der Waals surface area contributed by atoms with E-state index in [4.69, 9.17) is 0 Å². The van der Waals surface area contributed by atoms with Crippen LogP contribution in [0.1, 0.15) is 19.8 Å². The van der Waals surface area contributed by atoms with Crippen LogP contribution in [-0.4, -0.2) is 24.8 Å². The van der Waals surface area contributed by atoms with Crippen LogP contribution in [0.25, 0.3) is 0 Å². The van der Waals surface area contributed by atoms with Crippen molar-refractivity contribution in [2.45, 2.75) is 25.8 Å². The summed E-state index contributed by atoms with van der Waals surface area (Å²) >= 11 is 0. The first-order valence-electron chi connectivity index (χ1n) is 3.60. The highest BCUT2D eigenvalue weighted by Crippen LogP contribution is 2.05. The molecule has 0 aliphatic carbocycles. The molecule has 11 heavy (non-hydrogen) atoms. The zero-order valence-corrected chi connectivity index (χ0v) is 6.76. The normalized spacial score (nSPS) is 23.5. The summed E-state index contributed by atoms with van der Waals surface area (Å²) in [7, 11) is 1.38. The third-order valence-corrected chi connectivity index (χ3v) is 1.69. The van der Waals surface area contributed by atoms with Crippen molar-refractivity contribution in [2.75, 3.05) is 7.11 Å². The molecule has 0 amide bonds. The highest BCUT2D eigenvalue weighted by molar-refractivity contribution is 5.84. The Balaban J connectivity index is 2.47. The van der Waals surface area contributed by atoms with Crippen LogP contribution in [0.4, 0.5) is 0 Å². The molecule has 1 aliphatic rings. The average Bonchev–Trinajstić information content (AvgIpc) is 2.05. The molecule has 0 saturated heterocycles. The van der Waals surface area contributed by atoms with Crippen LogP contribution in [0.3, 0.4) is 0 Å². The minimum atomic E-state index is -0.247. The van der Waals surface area contributed by atoms with Crippen molar-refractivity contribution >= 4 is 11.7 Å². The molecule has 1 rings (SSSR count). The Labute approximate surface area is 65.6 Å². The van der Waals surface area contributed by atoms with Crippen molar-refractivity contribution in [3.8, 4) is 0 Å². The Hall–Kier alpha value is -1.06. The molecular weight excluding hydrogens is 144 g/mol. The van der Waals surface area contributed by atoms with Gasteiger partial charge >= 0.3 is 5.97 Å². The van der Waals surface area contributed by atoms with E-state index in [0.29, 0.717) is 0 Å². The van der Waals surface area contributed by atoms with E-state index in [-0.39, 0.29) is 12.0 Å². The van der Waals surface area contributed by atoms with Crippen LogP contribution in [0.15, 0.2) is 5.10 Å². The number of hydrogen-bond donors (Lipinski definition) is 1.